The van der Waals surface area contributed by atoms with E-state index in [0.29, 0.717) is 11.4 Å². The standard InChI is InChI=1S/C14H19N3O2S2/c1-3-15-10-13-14(6-8-20-13)21(18,19)17-11(2)12-5-4-7-16-9-12/h4-9,11,15,17H,3,10H2,1-2H3. The van der Waals surface area contributed by atoms with Gasteiger partial charge in [-0.15, -0.1) is 11.3 Å². The Morgan fingerprint density at radius 2 is 2.19 bits per heavy atom. The summed E-state index contributed by atoms with van der Waals surface area (Å²) < 4.78 is 27.7. The van der Waals surface area contributed by atoms with Crippen molar-refractivity contribution in [2.45, 2.75) is 31.3 Å². The molecule has 0 aliphatic heterocycles. The second-order valence-electron chi connectivity index (χ2n) is 4.62. The van der Waals surface area contributed by atoms with Gasteiger partial charge in [-0.25, -0.2) is 13.1 Å². The lowest BCUT2D eigenvalue weighted by Crippen LogP contribution is -2.27. The van der Waals surface area contributed by atoms with Gasteiger partial charge in [-0.05, 0) is 36.5 Å². The smallest absolute Gasteiger partial charge is 0.242 e. The molecule has 5 nitrogen and oxygen atoms in total. The van der Waals surface area contributed by atoms with E-state index < -0.39 is 10.0 Å². The van der Waals surface area contributed by atoms with Gasteiger partial charge in [-0.2, -0.15) is 0 Å². The Morgan fingerprint density at radius 3 is 2.86 bits per heavy atom. The Balaban J connectivity index is 2.17. The third-order valence-electron chi connectivity index (χ3n) is 3.05. The van der Waals surface area contributed by atoms with Crippen molar-refractivity contribution in [2.24, 2.45) is 0 Å². The zero-order chi connectivity index (χ0) is 15.3. The second-order valence-corrected chi connectivity index (χ2v) is 7.30. The van der Waals surface area contributed by atoms with Gasteiger partial charge in [0.15, 0.2) is 0 Å². The molecule has 2 heterocycles. The molecule has 2 rings (SSSR count). The monoisotopic (exact) mass is 325 g/mol. The maximum absolute atomic E-state index is 12.5. The lowest BCUT2D eigenvalue weighted by molar-refractivity contribution is 0.565. The molecule has 0 aliphatic rings. The predicted molar refractivity (Wildman–Crippen MR) is 84.7 cm³/mol. The molecule has 0 aromatic carbocycles. The van der Waals surface area contributed by atoms with Gasteiger partial charge < -0.3 is 5.32 Å². The Hall–Kier alpha value is -1.28. The molecule has 1 atom stereocenters. The minimum Gasteiger partial charge on any atom is -0.312 e. The highest BCUT2D eigenvalue weighted by Crippen LogP contribution is 2.23. The number of hydrogen-bond donors (Lipinski definition) is 2. The van der Waals surface area contributed by atoms with E-state index in [1.807, 2.05) is 19.9 Å². The average Bonchev–Trinajstić information content (AvgIpc) is 2.95. The Bertz CT molecular complexity index is 669. The Morgan fingerprint density at radius 1 is 1.38 bits per heavy atom. The summed E-state index contributed by atoms with van der Waals surface area (Å²) in [7, 11) is -3.53. The van der Waals surface area contributed by atoms with Crippen LogP contribution in [-0.4, -0.2) is 19.9 Å². The lowest BCUT2D eigenvalue weighted by Gasteiger charge is -2.14. The molecule has 0 saturated carbocycles. The first-order valence-corrected chi connectivity index (χ1v) is 9.10. The van der Waals surface area contributed by atoms with Crippen molar-refractivity contribution in [2.75, 3.05) is 6.54 Å². The van der Waals surface area contributed by atoms with E-state index in [9.17, 15) is 8.42 Å². The maximum atomic E-state index is 12.5. The normalized spacial score (nSPS) is 13.2. The summed E-state index contributed by atoms with van der Waals surface area (Å²) in [5.74, 6) is 0. The van der Waals surface area contributed by atoms with Crippen LogP contribution in [0.25, 0.3) is 0 Å². The molecule has 21 heavy (non-hydrogen) atoms. The van der Waals surface area contributed by atoms with Crippen molar-refractivity contribution in [3.8, 4) is 0 Å². The van der Waals surface area contributed by atoms with Crippen LogP contribution in [0.5, 0.6) is 0 Å². The first-order chi connectivity index (χ1) is 10.0. The van der Waals surface area contributed by atoms with Gasteiger partial charge in [0.05, 0.1) is 4.90 Å². The van der Waals surface area contributed by atoms with Gasteiger partial charge in [0.1, 0.15) is 0 Å². The van der Waals surface area contributed by atoms with Crippen LogP contribution in [0.15, 0.2) is 40.9 Å². The van der Waals surface area contributed by atoms with Gasteiger partial charge in [0, 0.05) is 29.9 Å². The summed E-state index contributed by atoms with van der Waals surface area (Å²) in [6.07, 6.45) is 3.33. The second kappa shape index (κ2) is 7.13. The van der Waals surface area contributed by atoms with Crippen LogP contribution in [0.4, 0.5) is 0 Å². The number of sulfonamides is 1. The van der Waals surface area contributed by atoms with Crippen LogP contribution >= 0.6 is 11.3 Å². The summed E-state index contributed by atoms with van der Waals surface area (Å²) in [6.45, 7) is 5.16. The van der Waals surface area contributed by atoms with E-state index in [-0.39, 0.29) is 6.04 Å². The van der Waals surface area contributed by atoms with Crippen LogP contribution in [0.2, 0.25) is 0 Å². The van der Waals surface area contributed by atoms with Crippen molar-refractivity contribution in [3.05, 3.63) is 46.4 Å². The molecule has 2 N–H and O–H groups in total. The van der Waals surface area contributed by atoms with E-state index in [1.165, 1.54) is 11.3 Å². The van der Waals surface area contributed by atoms with Crippen LogP contribution in [0.3, 0.4) is 0 Å². The Kier molecular flexibility index (Phi) is 5.46. The fraction of sp³-hybridized carbons (Fsp3) is 0.357. The van der Waals surface area contributed by atoms with Crippen molar-refractivity contribution in [1.82, 2.24) is 15.0 Å². The van der Waals surface area contributed by atoms with Crippen molar-refractivity contribution >= 4 is 21.4 Å². The molecule has 2 aromatic heterocycles. The molecule has 0 fully saturated rings. The molecule has 0 bridgehead atoms. The largest absolute Gasteiger partial charge is 0.312 e. The summed E-state index contributed by atoms with van der Waals surface area (Å²) in [4.78, 5) is 5.19. The first kappa shape index (κ1) is 16.1. The molecule has 0 radical (unpaired) electrons. The van der Waals surface area contributed by atoms with Crippen LogP contribution in [0, 0.1) is 0 Å². The van der Waals surface area contributed by atoms with Crippen LogP contribution in [-0.2, 0) is 16.6 Å². The fourth-order valence-corrected chi connectivity index (χ4v) is 4.58. The molecule has 0 amide bonds. The van der Waals surface area contributed by atoms with E-state index >= 15 is 0 Å². The highest BCUT2D eigenvalue weighted by Gasteiger charge is 2.22. The highest BCUT2D eigenvalue weighted by atomic mass is 32.2. The summed E-state index contributed by atoms with van der Waals surface area (Å²) in [5, 5.41) is 4.96. The average molecular weight is 325 g/mol. The lowest BCUT2D eigenvalue weighted by atomic mass is 10.2. The molecule has 0 saturated heterocycles. The summed E-state index contributed by atoms with van der Waals surface area (Å²) in [5.41, 5.74) is 0.838. The zero-order valence-electron chi connectivity index (χ0n) is 12.0. The number of aromatic nitrogens is 1. The minimum atomic E-state index is -3.53. The molecule has 114 valence electrons. The molecule has 1 unspecified atom stereocenters. The van der Waals surface area contributed by atoms with Gasteiger partial charge in [0.2, 0.25) is 10.0 Å². The van der Waals surface area contributed by atoms with Crippen molar-refractivity contribution in [1.29, 1.82) is 0 Å². The molecular weight excluding hydrogens is 306 g/mol. The summed E-state index contributed by atoms with van der Waals surface area (Å²) >= 11 is 1.45. The van der Waals surface area contributed by atoms with Crippen molar-refractivity contribution < 1.29 is 8.42 Å². The molecule has 0 aliphatic carbocycles. The number of thiophene rings is 1. The number of hydrogen-bond acceptors (Lipinski definition) is 5. The van der Waals surface area contributed by atoms with E-state index in [0.717, 1.165) is 17.0 Å². The highest BCUT2D eigenvalue weighted by molar-refractivity contribution is 7.89. The third-order valence-corrected chi connectivity index (χ3v) is 5.72. The maximum Gasteiger partial charge on any atom is 0.242 e. The molecular formula is C14H19N3O2S2. The zero-order valence-corrected chi connectivity index (χ0v) is 13.7. The van der Waals surface area contributed by atoms with E-state index in [4.69, 9.17) is 0 Å². The summed E-state index contributed by atoms with van der Waals surface area (Å²) in [6, 6.07) is 4.97. The van der Waals surface area contributed by atoms with Gasteiger partial charge in [-0.1, -0.05) is 13.0 Å². The van der Waals surface area contributed by atoms with Crippen LogP contribution in [0.1, 0.15) is 30.3 Å². The number of rotatable bonds is 7. The SMILES string of the molecule is CCNCc1sccc1S(=O)(=O)NC(C)c1cccnc1. The van der Waals surface area contributed by atoms with E-state index in [2.05, 4.69) is 15.0 Å². The van der Waals surface area contributed by atoms with Crippen LogP contribution < -0.4 is 10.0 Å². The predicted octanol–water partition coefficient (Wildman–Crippen LogP) is 2.29. The fourth-order valence-electron chi connectivity index (χ4n) is 1.93. The van der Waals surface area contributed by atoms with Crippen molar-refractivity contribution in [3.63, 3.8) is 0 Å². The number of pyridine rings is 1. The Labute approximate surface area is 129 Å². The molecule has 7 heteroatoms. The first-order valence-electron chi connectivity index (χ1n) is 6.74. The van der Waals surface area contributed by atoms with Gasteiger partial charge in [-0.3, -0.25) is 4.98 Å². The molecule has 0 spiro atoms. The number of nitrogens with zero attached hydrogens (tertiary/aromatic N) is 1. The van der Waals surface area contributed by atoms with Gasteiger partial charge >= 0.3 is 0 Å². The van der Waals surface area contributed by atoms with E-state index in [1.54, 1.807) is 29.9 Å². The third kappa shape index (κ3) is 4.10. The topological polar surface area (TPSA) is 71.1 Å². The van der Waals surface area contributed by atoms with Gasteiger partial charge in [0.25, 0.3) is 0 Å². The minimum absolute atomic E-state index is 0.324. The number of nitrogens with one attached hydrogen (secondary N) is 2. The quantitative estimate of drug-likeness (QED) is 0.819. The molecule has 2 aromatic rings.